The Bertz CT molecular complexity index is 613. The molecule has 0 fully saturated rings. The van der Waals surface area contributed by atoms with E-state index in [9.17, 15) is 22.7 Å². The van der Waals surface area contributed by atoms with Gasteiger partial charge in [-0.05, 0) is 35.4 Å². The maximum atomic E-state index is 13.4. The van der Waals surface area contributed by atoms with Gasteiger partial charge in [-0.25, -0.2) is 17.6 Å². The van der Waals surface area contributed by atoms with Crippen molar-refractivity contribution in [2.75, 3.05) is 0 Å². The van der Waals surface area contributed by atoms with Gasteiger partial charge < -0.3 is 5.11 Å². The molecule has 1 nitrogen and oxygen atoms in total. The summed E-state index contributed by atoms with van der Waals surface area (Å²) < 4.78 is 52.5. The molecule has 1 unspecified atom stereocenters. The van der Waals surface area contributed by atoms with Crippen LogP contribution in [0.2, 0.25) is 0 Å². The molecule has 0 aliphatic heterocycles. The van der Waals surface area contributed by atoms with Crippen LogP contribution in [-0.4, -0.2) is 11.2 Å². The molecule has 0 amide bonds. The van der Waals surface area contributed by atoms with Gasteiger partial charge in [-0.3, -0.25) is 0 Å². The topological polar surface area (TPSA) is 20.2 Å². The Morgan fingerprint density at radius 3 is 2.05 bits per heavy atom. The van der Waals surface area contributed by atoms with E-state index in [0.29, 0.717) is 6.07 Å². The SMILES string of the molecule is OC(Cc1ccc(F)cc1F)Cc1cc(F)ccc1F. The standard InChI is InChI=1S/C15H12F4O/c16-11-3-4-14(18)10(5-11)7-13(20)6-9-1-2-12(17)8-15(9)19/h1-5,8,13,20H,6-7H2. The molecule has 2 rings (SSSR count). The zero-order valence-corrected chi connectivity index (χ0v) is 10.4. The number of hydrogen-bond acceptors (Lipinski definition) is 1. The molecule has 0 aliphatic carbocycles. The maximum absolute atomic E-state index is 13.4. The molecule has 0 bridgehead atoms. The Hall–Kier alpha value is -1.88. The fourth-order valence-corrected chi connectivity index (χ4v) is 1.97. The molecule has 0 radical (unpaired) electrons. The van der Waals surface area contributed by atoms with Gasteiger partial charge in [-0.1, -0.05) is 6.07 Å². The van der Waals surface area contributed by atoms with Crippen molar-refractivity contribution >= 4 is 0 Å². The van der Waals surface area contributed by atoms with Crippen molar-refractivity contribution in [3.63, 3.8) is 0 Å². The second kappa shape index (κ2) is 6.05. The lowest BCUT2D eigenvalue weighted by Gasteiger charge is -2.12. The molecular weight excluding hydrogens is 272 g/mol. The normalized spacial score (nSPS) is 12.4. The van der Waals surface area contributed by atoms with Gasteiger partial charge in [-0.2, -0.15) is 0 Å². The van der Waals surface area contributed by atoms with Crippen molar-refractivity contribution in [2.24, 2.45) is 0 Å². The van der Waals surface area contributed by atoms with Crippen LogP contribution in [0.15, 0.2) is 36.4 Å². The predicted molar refractivity (Wildman–Crippen MR) is 66.1 cm³/mol. The molecule has 0 spiro atoms. The average Bonchev–Trinajstić information content (AvgIpc) is 2.37. The van der Waals surface area contributed by atoms with Crippen LogP contribution in [-0.2, 0) is 12.8 Å². The Labute approximate surface area is 113 Å². The monoisotopic (exact) mass is 284 g/mol. The van der Waals surface area contributed by atoms with E-state index in [-0.39, 0.29) is 24.0 Å². The molecule has 0 saturated heterocycles. The minimum absolute atomic E-state index is 0.0139. The zero-order chi connectivity index (χ0) is 14.7. The van der Waals surface area contributed by atoms with Crippen molar-refractivity contribution in [2.45, 2.75) is 18.9 Å². The van der Waals surface area contributed by atoms with Crippen LogP contribution in [0.25, 0.3) is 0 Å². The highest BCUT2D eigenvalue weighted by Gasteiger charge is 2.14. The first-order valence-electron chi connectivity index (χ1n) is 6.01. The summed E-state index contributed by atoms with van der Waals surface area (Å²) in [4.78, 5) is 0. The third kappa shape index (κ3) is 3.57. The van der Waals surface area contributed by atoms with Crippen LogP contribution < -0.4 is 0 Å². The maximum Gasteiger partial charge on any atom is 0.129 e. The quantitative estimate of drug-likeness (QED) is 0.853. The summed E-state index contributed by atoms with van der Waals surface area (Å²) in [6, 6.07) is 5.94. The van der Waals surface area contributed by atoms with E-state index in [1.165, 1.54) is 6.07 Å². The Morgan fingerprint density at radius 2 is 1.35 bits per heavy atom. The molecule has 1 atom stereocenters. The van der Waals surface area contributed by atoms with E-state index in [0.717, 1.165) is 24.3 Å². The van der Waals surface area contributed by atoms with E-state index in [1.807, 2.05) is 0 Å². The molecule has 2 aromatic carbocycles. The van der Waals surface area contributed by atoms with Gasteiger partial charge >= 0.3 is 0 Å². The van der Waals surface area contributed by atoms with Crippen molar-refractivity contribution in [1.82, 2.24) is 0 Å². The molecule has 0 aromatic heterocycles. The van der Waals surface area contributed by atoms with Crippen LogP contribution in [0, 0.1) is 23.3 Å². The minimum atomic E-state index is -1.09. The lowest BCUT2D eigenvalue weighted by atomic mass is 10.0. The van der Waals surface area contributed by atoms with Gasteiger partial charge in [0, 0.05) is 18.9 Å². The van der Waals surface area contributed by atoms with Gasteiger partial charge in [0.25, 0.3) is 0 Å². The summed E-state index contributed by atoms with van der Waals surface area (Å²) in [6.07, 6.45) is -1.35. The number of benzene rings is 2. The fraction of sp³-hybridized carbons (Fsp3) is 0.200. The smallest absolute Gasteiger partial charge is 0.129 e. The van der Waals surface area contributed by atoms with Crippen LogP contribution in [0.1, 0.15) is 11.1 Å². The molecule has 1 N–H and O–H groups in total. The van der Waals surface area contributed by atoms with E-state index in [1.54, 1.807) is 0 Å². The van der Waals surface area contributed by atoms with Gasteiger partial charge in [0.1, 0.15) is 23.3 Å². The van der Waals surface area contributed by atoms with Gasteiger partial charge in [0.05, 0.1) is 6.10 Å². The van der Waals surface area contributed by atoms with E-state index < -0.39 is 29.4 Å². The average molecular weight is 284 g/mol. The lowest BCUT2D eigenvalue weighted by Crippen LogP contribution is -2.16. The van der Waals surface area contributed by atoms with Crippen molar-refractivity contribution in [1.29, 1.82) is 0 Å². The van der Waals surface area contributed by atoms with Crippen molar-refractivity contribution in [3.05, 3.63) is 70.8 Å². The predicted octanol–water partition coefficient (Wildman–Crippen LogP) is 3.39. The van der Waals surface area contributed by atoms with E-state index in [4.69, 9.17) is 0 Å². The third-order valence-corrected chi connectivity index (χ3v) is 2.93. The Morgan fingerprint density at radius 1 is 0.750 bits per heavy atom. The van der Waals surface area contributed by atoms with Crippen LogP contribution >= 0.6 is 0 Å². The summed E-state index contributed by atoms with van der Waals surface area (Å²) in [5, 5.41) is 9.82. The number of aliphatic hydroxyl groups is 1. The third-order valence-electron chi connectivity index (χ3n) is 2.93. The molecule has 0 aliphatic rings. The molecule has 0 heterocycles. The van der Waals surface area contributed by atoms with Crippen molar-refractivity contribution < 1.29 is 22.7 Å². The second-order valence-electron chi connectivity index (χ2n) is 4.53. The summed E-state index contributed by atoms with van der Waals surface area (Å²) in [5.41, 5.74) is 0.135. The Kier molecular flexibility index (Phi) is 4.39. The van der Waals surface area contributed by atoms with Crippen LogP contribution in [0.5, 0.6) is 0 Å². The molecule has 106 valence electrons. The molecule has 2 aromatic rings. The summed E-state index contributed by atoms with van der Waals surface area (Å²) in [6.45, 7) is 0. The summed E-state index contributed by atoms with van der Waals surface area (Å²) in [7, 11) is 0. The number of hydrogen-bond donors (Lipinski definition) is 1. The molecule has 0 saturated carbocycles. The molecular formula is C15H12F4O. The van der Waals surface area contributed by atoms with Gasteiger partial charge in [0.15, 0.2) is 0 Å². The Balaban J connectivity index is 2.08. The van der Waals surface area contributed by atoms with Crippen molar-refractivity contribution in [3.8, 4) is 0 Å². The van der Waals surface area contributed by atoms with Gasteiger partial charge in [-0.15, -0.1) is 0 Å². The highest BCUT2D eigenvalue weighted by molar-refractivity contribution is 5.22. The second-order valence-corrected chi connectivity index (χ2v) is 4.53. The fourth-order valence-electron chi connectivity index (χ4n) is 1.97. The molecule has 5 heteroatoms. The summed E-state index contributed by atoms with van der Waals surface area (Å²) in [5.74, 6) is -2.73. The first-order chi connectivity index (χ1) is 9.45. The molecule has 20 heavy (non-hydrogen) atoms. The van der Waals surface area contributed by atoms with E-state index in [2.05, 4.69) is 0 Å². The first-order valence-corrected chi connectivity index (χ1v) is 6.01. The number of aliphatic hydroxyl groups excluding tert-OH is 1. The number of halogens is 4. The lowest BCUT2D eigenvalue weighted by molar-refractivity contribution is 0.172. The summed E-state index contributed by atoms with van der Waals surface area (Å²) >= 11 is 0. The van der Waals surface area contributed by atoms with E-state index >= 15 is 0 Å². The largest absolute Gasteiger partial charge is 0.392 e. The highest BCUT2D eigenvalue weighted by Crippen LogP contribution is 2.16. The highest BCUT2D eigenvalue weighted by atomic mass is 19.1. The zero-order valence-electron chi connectivity index (χ0n) is 10.4. The van der Waals surface area contributed by atoms with Gasteiger partial charge in [0.2, 0.25) is 0 Å². The van der Waals surface area contributed by atoms with Crippen LogP contribution in [0.3, 0.4) is 0 Å². The van der Waals surface area contributed by atoms with Crippen LogP contribution in [0.4, 0.5) is 17.6 Å². The number of rotatable bonds is 4. The minimum Gasteiger partial charge on any atom is -0.392 e. The first kappa shape index (κ1) is 14.5.